The van der Waals surface area contributed by atoms with Crippen LogP contribution in [0, 0.1) is 5.82 Å². The van der Waals surface area contributed by atoms with Gasteiger partial charge in [-0.15, -0.1) is 0 Å². The maximum absolute atomic E-state index is 13.7. The Morgan fingerprint density at radius 3 is 2.84 bits per heavy atom. The van der Waals surface area contributed by atoms with Crippen molar-refractivity contribution in [1.82, 2.24) is 24.9 Å². The topological polar surface area (TPSA) is 59.7 Å². The number of hydrogen-bond donors (Lipinski definition) is 2. The third kappa shape index (κ3) is 4.43. The first-order valence-electron chi connectivity index (χ1n) is 7.51. The van der Waals surface area contributed by atoms with E-state index < -0.39 is 0 Å². The van der Waals surface area contributed by atoms with Crippen LogP contribution in [0.15, 0.2) is 47.2 Å². The molecule has 3 rings (SSSR count). The average Bonchev–Trinajstić information content (AvgIpc) is 3.15. The highest BCUT2D eigenvalue weighted by molar-refractivity contribution is 9.10. The van der Waals surface area contributed by atoms with Crippen LogP contribution >= 0.6 is 28.1 Å². The molecule has 6 nitrogen and oxygen atoms in total. The molecule has 0 aliphatic rings. The maximum Gasteiger partial charge on any atom is 0.172 e. The van der Waals surface area contributed by atoms with Gasteiger partial charge in [-0.05, 0) is 34.2 Å². The van der Waals surface area contributed by atoms with Gasteiger partial charge in [0.1, 0.15) is 5.82 Å². The molecule has 9 heteroatoms. The Kier molecular flexibility index (Phi) is 5.44. The van der Waals surface area contributed by atoms with E-state index in [2.05, 4.69) is 36.8 Å². The Labute approximate surface area is 158 Å². The number of nitrogens with zero attached hydrogens (tertiary/aromatic N) is 4. The highest BCUT2D eigenvalue weighted by Gasteiger charge is 2.08. The van der Waals surface area contributed by atoms with Crippen LogP contribution in [0.2, 0.25) is 0 Å². The van der Waals surface area contributed by atoms with Gasteiger partial charge in [-0.2, -0.15) is 10.2 Å². The minimum absolute atomic E-state index is 0.244. The molecular formula is C16H16BrFN6S. The Hall–Kier alpha value is -2.26. The number of anilines is 1. The molecule has 0 saturated heterocycles. The molecule has 2 heterocycles. The fourth-order valence-electron chi connectivity index (χ4n) is 2.28. The monoisotopic (exact) mass is 422 g/mol. The van der Waals surface area contributed by atoms with Gasteiger partial charge in [0.05, 0.1) is 29.5 Å². The van der Waals surface area contributed by atoms with Crippen LogP contribution in [0.1, 0.15) is 11.3 Å². The van der Waals surface area contributed by atoms with Gasteiger partial charge in [-0.3, -0.25) is 9.36 Å². The van der Waals surface area contributed by atoms with E-state index in [1.54, 1.807) is 46.0 Å². The minimum atomic E-state index is -0.244. The van der Waals surface area contributed by atoms with Gasteiger partial charge in [0.2, 0.25) is 0 Å². The molecular weight excluding hydrogens is 407 g/mol. The van der Waals surface area contributed by atoms with Crippen molar-refractivity contribution in [2.45, 2.75) is 13.1 Å². The standard InChI is InChI=1S/C16H16BrFN6S/c1-23-14(12(17)8-20-23)9-19-16(25)21-15-6-7-24(22-15)10-11-4-2-3-5-13(11)18/h2-8H,9-10H2,1H3,(H2,19,21,22,25). The Bertz CT molecular complexity index is 871. The third-order valence-corrected chi connectivity index (χ3v) is 4.51. The summed E-state index contributed by atoms with van der Waals surface area (Å²) in [4.78, 5) is 0. The van der Waals surface area contributed by atoms with Crippen LogP contribution in [-0.2, 0) is 20.1 Å². The van der Waals surface area contributed by atoms with Gasteiger partial charge < -0.3 is 10.6 Å². The molecule has 1 aromatic carbocycles. The average molecular weight is 423 g/mol. The molecule has 25 heavy (non-hydrogen) atoms. The van der Waals surface area contributed by atoms with E-state index in [0.717, 1.165) is 10.2 Å². The van der Waals surface area contributed by atoms with Crippen LogP contribution in [0.4, 0.5) is 10.2 Å². The van der Waals surface area contributed by atoms with Crippen molar-refractivity contribution in [1.29, 1.82) is 0 Å². The zero-order chi connectivity index (χ0) is 17.8. The van der Waals surface area contributed by atoms with Crippen LogP contribution < -0.4 is 10.6 Å². The fourth-order valence-corrected chi connectivity index (χ4v) is 2.94. The zero-order valence-electron chi connectivity index (χ0n) is 13.4. The summed E-state index contributed by atoms with van der Waals surface area (Å²) in [7, 11) is 1.86. The first-order valence-corrected chi connectivity index (χ1v) is 8.71. The summed E-state index contributed by atoms with van der Waals surface area (Å²) in [6.07, 6.45) is 3.51. The van der Waals surface area contributed by atoms with E-state index in [-0.39, 0.29) is 5.82 Å². The molecule has 3 aromatic rings. The number of benzene rings is 1. The number of thiocarbonyl (C=S) groups is 1. The largest absolute Gasteiger partial charge is 0.357 e. The molecule has 2 aromatic heterocycles. The summed E-state index contributed by atoms with van der Waals surface area (Å²) in [5.74, 6) is 0.351. The first-order chi connectivity index (χ1) is 12.0. The number of aromatic nitrogens is 4. The minimum Gasteiger partial charge on any atom is -0.357 e. The third-order valence-electron chi connectivity index (χ3n) is 3.60. The van der Waals surface area contributed by atoms with Gasteiger partial charge >= 0.3 is 0 Å². The lowest BCUT2D eigenvalue weighted by atomic mass is 10.2. The molecule has 130 valence electrons. The molecule has 0 amide bonds. The molecule has 0 aliphatic carbocycles. The summed E-state index contributed by atoms with van der Waals surface area (Å²) in [5.41, 5.74) is 1.56. The lowest BCUT2D eigenvalue weighted by Gasteiger charge is -2.09. The second-order valence-corrected chi connectivity index (χ2v) is 6.62. The fraction of sp³-hybridized carbons (Fsp3) is 0.188. The van der Waals surface area contributed by atoms with Crippen molar-refractivity contribution in [2.24, 2.45) is 7.05 Å². The highest BCUT2D eigenvalue weighted by Crippen LogP contribution is 2.14. The molecule has 2 N–H and O–H groups in total. The van der Waals surface area contributed by atoms with Gasteiger partial charge in [0, 0.05) is 24.9 Å². The molecule has 0 aliphatic heterocycles. The van der Waals surface area contributed by atoms with E-state index in [4.69, 9.17) is 12.2 Å². The van der Waals surface area contributed by atoms with Crippen LogP contribution in [0.25, 0.3) is 0 Å². The van der Waals surface area contributed by atoms with Crippen LogP contribution in [0.3, 0.4) is 0 Å². The second-order valence-electron chi connectivity index (χ2n) is 5.36. The van der Waals surface area contributed by atoms with Gasteiger partial charge in [0.25, 0.3) is 0 Å². The van der Waals surface area contributed by atoms with E-state index in [1.807, 2.05) is 7.05 Å². The molecule has 0 fully saturated rings. The lowest BCUT2D eigenvalue weighted by Crippen LogP contribution is -2.29. The first kappa shape index (κ1) is 17.6. The van der Waals surface area contributed by atoms with E-state index in [9.17, 15) is 4.39 Å². The quantitative estimate of drug-likeness (QED) is 0.618. The van der Waals surface area contributed by atoms with Crippen molar-refractivity contribution in [3.05, 3.63) is 64.3 Å². The number of aryl methyl sites for hydroxylation is 1. The molecule has 0 radical (unpaired) electrons. The van der Waals surface area contributed by atoms with E-state index in [0.29, 0.717) is 29.6 Å². The summed E-state index contributed by atoms with van der Waals surface area (Å²) in [5, 5.41) is 15.1. The predicted octanol–water partition coefficient (Wildman–Crippen LogP) is 3.05. The Morgan fingerprint density at radius 2 is 2.12 bits per heavy atom. The van der Waals surface area contributed by atoms with Crippen molar-refractivity contribution >= 4 is 39.1 Å². The van der Waals surface area contributed by atoms with Crippen molar-refractivity contribution in [2.75, 3.05) is 5.32 Å². The maximum atomic E-state index is 13.7. The molecule has 0 atom stereocenters. The van der Waals surface area contributed by atoms with E-state index >= 15 is 0 Å². The smallest absolute Gasteiger partial charge is 0.172 e. The van der Waals surface area contributed by atoms with Gasteiger partial charge in [-0.25, -0.2) is 4.39 Å². The SMILES string of the molecule is Cn1ncc(Br)c1CNC(=S)Nc1ccn(Cc2ccccc2F)n1. The summed E-state index contributed by atoms with van der Waals surface area (Å²) in [6.45, 7) is 0.884. The summed E-state index contributed by atoms with van der Waals surface area (Å²) >= 11 is 8.72. The molecule has 0 bridgehead atoms. The predicted molar refractivity (Wildman–Crippen MR) is 102 cm³/mol. The highest BCUT2D eigenvalue weighted by atomic mass is 79.9. The Balaban J connectivity index is 1.56. The molecule has 0 spiro atoms. The normalized spacial score (nSPS) is 10.7. The van der Waals surface area contributed by atoms with Crippen molar-refractivity contribution in [3.8, 4) is 0 Å². The van der Waals surface area contributed by atoms with Gasteiger partial charge in [-0.1, -0.05) is 18.2 Å². The summed E-state index contributed by atoms with van der Waals surface area (Å²) < 4.78 is 18.0. The zero-order valence-corrected chi connectivity index (χ0v) is 15.8. The van der Waals surface area contributed by atoms with Crippen molar-refractivity contribution in [3.63, 3.8) is 0 Å². The second kappa shape index (κ2) is 7.75. The molecule has 0 unspecified atom stereocenters. The van der Waals surface area contributed by atoms with E-state index in [1.165, 1.54) is 6.07 Å². The lowest BCUT2D eigenvalue weighted by molar-refractivity contribution is 0.586. The number of rotatable bonds is 5. The van der Waals surface area contributed by atoms with Crippen LogP contribution in [-0.4, -0.2) is 24.7 Å². The van der Waals surface area contributed by atoms with Gasteiger partial charge in [0.15, 0.2) is 10.9 Å². The number of hydrogen-bond acceptors (Lipinski definition) is 3. The Morgan fingerprint density at radius 1 is 1.32 bits per heavy atom. The number of nitrogens with one attached hydrogen (secondary N) is 2. The van der Waals surface area contributed by atoms with Crippen molar-refractivity contribution < 1.29 is 4.39 Å². The number of halogens is 2. The molecule has 0 saturated carbocycles. The van der Waals surface area contributed by atoms with Crippen LogP contribution in [0.5, 0.6) is 0 Å². The summed E-state index contributed by atoms with van der Waals surface area (Å²) in [6, 6.07) is 8.43.